The molecule has 1 amide bonds. The molecule has 1 saturated heterocycles. The number of nitrogens with one attached hydrogen (secondary N) is 1. The summed E-state index contributed by atoms with van der Waals surface area (Å²) in [6, 6.07) is 0. The van der Waals surface area contributed by atoms with E-state index < -0.39 is 6.10 Å². The molecule has 7 nitrogen and oxygen atoms in total. The molecule has 1 fully saturated rings. The highest BCUT2D eigenvalue weighted by Crippen LogP contribution is 2.24. The van der Waals surface area contributed by atoms with E-state index in [4.69, 9.17) is 0 Å². The molecule has 16 heavy (non-hydrogen) atoms. The van der Waals surface area contributed by atoms with E-state index in [9.17, 15) is 9.90 Å². The van der Waals surface area contributed by atoms with Crippen molar-refractivity contribution >= 4 is 22.9 Å². The molecule has 82 valence electrons. The summed E-state index contributed by atoms with van der Waals surface area (Å²) in [6.07, 6.45) is 2.37. The average Bonchev–Trinajstić information content (AvgIpc) is 2.84. The first kappa shape index (κ1) is 9.22. The van der Waals surface area contributed by atoms with Crippen LogP contribution in [0.25, 0.3) is 11.2 Å². The quantitative estimate of drug-likeness (QED) is 0.671. The number of hydrogen-bond acceptors (Lipinski definition) is 5. The van der Waals surface area contributed by atoms with E-state index in [0.717, 1.165) is 0 Å². The van der Waals surface area contributed by atoms with Gasteiger partial charge in [-0.1, -0.05) is 0 Å². The number of aromatic amines is 1. The zero-order valence-electron chi connectivity index (χ0n) is 8.29. The first-order valence-electron chi connectivity index (χ1n) is 4.88. The van der Waals surface area contributed by atoms with Crippen LogP contribution >= 0.6 is 0 Å². The van der Waals surface area contributed by atoms with E-state index in [2.05, 4.69) is 19.9 Å². The number of aromatic nitrogens is 4. The lowest BCUT2D eigenvalue weighted by atomic mass is 10.3. The minimum absolute atomic E-state index is 0.137. The van der Waals surface area contributed by atoms with Crippen LogP contribution in [0.5, 0.6) is 0 Å². The first-order chi connectivity index (χ1) is 7.75. The number of aliphatic hydroxyl groups is 1. The van der Waals surface area contributed by atoms with Crippen LogP contribution in [-0.4, -0.2) is 43.6 Å². The normalized spacial score (nSPS) is 20.9. The van der Waals surface area contributed by atoms with Crippen LogP contribution in [0.3, 0.4) is 0 Å². The highest BCUT2D eigenvalue weighted by atomic mass is 16.3. The van der Waals surface area contributed by atoms with Crippen molar-refractivity contribution in [3.8, 4) is 0 Å². The van der Waals surface area contributed by atoms with Gasteiger partial charge in [-0.25, -0.2) is 15.0 Å². The molecule has 3 rings (SSSR count). The Morgan fingerprint density at radius 2 is 2.31 bits per heavy atom. The number of hydrogen-bond donors (Lipinski definition) is 2. The molecule has 0 bridgehead atoms. The van der Waals surface area contributed by atoms with Crippen LogP contribution in [0.4, 0.5) is 5.82 Å². The third kappa shape index (κ3) is 1.25. The van der Waals surface area contributed by atoms with Crippen LogP contribution < -0.4 is 4.90 Å². The Morgan fingerprint density at radius 1 is 1.44 bits per heavy atom. The largest absolute Gasteiger partial charge is 0.391 e. The molecule has 3 heterocycles. The molecule has 0 aromatic carbocycles. The number of anilines is 1. The van der Waals surface area contributed by atoms with Crippen LogP contribution in [0, 0.1) is 0 Å². The van der Waals surface area contributed by atoms with Crippen molar-refractivity contribution in [2.24, 2.45) is 0 Å². The van der Waals surface area contributed by atoms with Gasteiger partial charge < -0.3 is 10.1 Å². The Kier molecular flexibility index (Phi) is 1.87. The lowest BCUT2D eigenvalue weighted by Crippen LogP contribution is -2.26. The third-order valence-electron chi connectivity index (χ3n) is 2.56. The summed E-state index contributed by atoms with van der Waals surface area (Å²) in [7, 11) is 0. The Morgan fingerprint density at radius 3 is 3.06 bits per heavy atom. The van der Waals surface area contributed by atoms with E-state index in [0.29, 0.717) is 17.0 Å². The van der Waals surface area contributed by atoms with Crippen molar-refractivity contribution in [1.29, 1.82) is 0 Å². The fraction of sp³-hybridized carbons (Fsp3) is 0.333. The molecule has 1 aliphatic rings. The molecule has 2 N–H and O–H groups in total. The predicted molar refractivity (Wildman–Crippen MR) is 54.7 cm³/mol. The highest BCUT2D eigenvalue weighted by Gasteiger charge is 2.31. The second-order valence-corrected chi connectivity index (χ2v) is 3.66. The number of H-pyrrole nitrogens is 1. The molecule has 1 unspecified atom stereocenters. The van der Waals surface area contributed by atoms with Gasteiger partial charge in [0.2, 0.25) is 5.91 Å². The van der Waals surface area contributed by atoms with Crippen LogP contribution in [0.2, 0.25) is 0 Å². The fourth-order valence-electron chi connectivity index (χ4n) is 1.85. The van der Waals surface area contributed by atoms with Gasteiger partial charge in [-0.3, -0.25) is 9.69 Å². The molecule has 0 radical (unpaired) electrons. The summed E-state index contributed by atoms with van der Waals surface area (Å²) in [5, 5.41) is 9.42. The van der Waals surface area contributed by atoms with E-state index in [1.54, 1.807) is 0 Å². The standard InChI is InChI=1S/C9H9N5O2/c15-5-1-6(16)14(2-5)9-7-8(11-3-10-7)12-4-13-9/h3-5,15H,1-2H2,(H,10,11,12,13). The average molecular weight is 219 g/mol. The number of imidazole rings is 1. The van der Waals surface area contributed by atoms with Crippen LogP contribution in [0.15, 0.2) is 12.7 Å². The Hall–Kier alpha value is -2.02. The maximum Gasteiger partial charge on any atom is 0.230 e. The van der Waals surface area contributed by atoms with Gasteiger partial charge in [0.25, 0.3) is 0 Å². The van der Waals surface area contributed by atoms with Crippen molar-refractivity contribution in [3.63, 3.8) is 0 Å². The molecule has 0 spiro atoms. The van der Waals surface area contributed by atoms with Crippen molar-refractivity contribution in [2.75, 3.05) is 11.4 Å². The summed E-state index contributed by atoms with van der Waals surface area (Å²) < 4.78 is 0. The van der Waals surface area contributed by atoms with Gasteiger partial charge in [-0.05, 0) is 0 Å². The zero-order chi connectivity index (χ0) is 11.1. The Bertz CT molecular complexity index is 552. The Labute approximate surface area is 90.2 Å². The summed E-state index contributed by atoms with van der Waals surface area (Å²) >= 11 is 0. The van der Waals surface area contributed by atoms with Crippen molar-refractivity contribution in [2.45, 2.75) is 12.5 Å². The van der Waals surface area contributed by atoms with Crippen molar-refractivity contribution in [3.05, 3.63) is 12.7 Å². The summed E-state index contributed by atoms with van der Waals surface area (Å²) in [6.45, 7) is 0.268. The minimum atomic E-state index is -0.625. The number of fused-ring (bicyclic) bond motifs is 1. The monoisotopic (exact) mass is 219 g/mol. The number of carbonyl (C=O) groups is 1. The SMILES string of the molecule is O=C1CC(O)CN1c1ncnc2nc[nH]c12. The van der Waals surface area contributed by atoms with Gasteiger partial charge in [0.15, 0.2) is 11.5 Å². The molecule has 0 saturated carbocycles. The Balaban J connectivity index is 2.12. The summed E-state index contributed by atoms with van der Waals surface area (Å²) in [4.78, 5) is 28.0. The summed E-state index contributed by atoms with van der Waals surface area (Å²) in [5.74, 6) is 0.339. The van der Waals surface area contributed by atoms with Crippen LogP contribution in [0.1, 0.15) is 6.42 Å². The van der Waals surface area contributed by atoms with Gasteiger partial charge >= 0.3 is 0 Å². The van der Waals surface area contributed by atoms with E-state index in [1.807, 2.05) is 0 Å². The minimum Gasteiger partial charge on any atom is -0.391 e. The van der Waals surface area contributed by atoms with Crippen molar-refractivity contribution in [1.82, 2.24) is 19.9 Å². The van der Waals surface area contributed by atoms with Gasteiger partial charge in [0.05, 0.1) is 25.4 Å². The second-order valence-electron chi connectivity index (χ2n) is 3.66. The van der Waals surface area contributed by atoms with Gasteiger partial charge in [-0.15, -0.1) is 0 Å². The summed E-state index contributed by atoms with van der Waals surface area (Å²) in [5.41, 5.74) is 1.13. The van der Waals surface area contributed by atoms with E-state index >= 15 is 0 Å². The third-order valence-corrected chi connectivity index (χ3v) is 2.56. The molecule has 2 aromatic heterocycles. The van der Waals surface area contributed by atoms with Gasteiger partial charge in [0.1, 0.15) is 11.8 Å². The van der Waals surface area contributed by atoms with Crippen LogP contribution in [-0.2, 0) is 4.79 Å². The first-order valence-corrected chi connectivity index (χ1v) is 4.88. The number of nitrogens with zero attached hydrogens (tertiary/aromatic N) is 4. The lowest BCUT2D eigenvalue weighted by molar-refractivity contribution is -0.117. The molecule has 1 atom stereocenters. The highest BCUT2D eigenvalue weighted by molar-refractivity contribution is 6.00. The molecule has 1 aliphatic heterocycles. The second kappa shape index (κ2) is 3.24. The maximum absolute atomic E-state index is 11.6. The topological polar surface area (TPSA) is 95.0 Å². The number of carbonyl (C=O) groups excluding carboxylic acids is 1. The van der Waals surface area contributed by atoms with E-state index in [-0.39, 0.29) is 18.9 Å². The van der Waals surface area contributed by atoms with Crippen molar-refractivity contribution < 1.29 is 9.90 Å². The lowest BCUT2D eigenvalue weighted by Gasteiger charge is -2.14. The molecule has 0 aliphatic carbocycles. The van der Waals surface area contributed by atoms with Gasteiger partial charge in [-0.2, -0.15) is 0 Å². The number of β-amino-alcohol motifs (C(OH)–C–C–N with tert-alkyl or cyclic N) is 1. The number of aliphatic hydroxyl groups excluding tert-OH is 1. The maximum atomic E-state index is 11.6. The fourth-order valence-corrected chi connectivity index (χ4v) is 1.85. The smallest absolute Gasteiger partial charge is 0.230 e. The van der Waals surface area contributed by atoms with Gasteiger partial charge in [0, 0.05) is 0 Å². The molecule has 2 aromatic rings. The predicted octanol–water partition coefficient (Wildman–Crippen LogP) is -0.550. The molecular formula is C9H9N5O2. The number of rotatable bonds is 1. The molecule has 7 heteroatoms. The number of amides is 1. The molecular weight excluding hydrogens is 210 g/mol. The zero-order valence-corrected chi connectivity index (χ0v) is 8.29. The van der Waals surface area contributed by atoms with E-state index in [1.165, 1.54) is 17.6 Å².